The summed E-state index contributed by atoms with van der Waals surface area (Å²) in [4.78, 5) is 12.3. The summed E-state index contributed by atoms with van der Waals surface area (Å²) >= 11 is 23.5. The molecule has 0 heterocycles. The molecule has 6 nitrogen and oxygen atoms in total. The Labute approximate surface area is 213 Å². The maximum absolute atomic E-state index is 12.3. The van der Waals surface area contributed by atoms with E-state index in [-0.39, 0.29) is 34.4 Å². The molecule has 0 bridgehead atoms. The number of ether oxygens (including phenoxy) is 5. The summed E-state index contributed by atoms with van der Waals surface area (Å²) in [5, 5.41) is 0.571. The van der Waals surface area contributed by atoms with Gasteiger partial charge < -0.3 is 23.7 Å². The van der Waals surface area contributed by atoms with E-state index >= 15 is 0 Å². The van der Waals surface area contributed by atoms with Gasteiger partial charge in [-0.15, -0.1) is 0 Å². The van der Waals surface area contributed by atoms with Crippen molar-refractivity contribution < 1.29 is 28.5 Å². The van der Waals surface area contributed by atoms with Gasteiger partial charge in [0, 0.05) is 18.6 Å². The Hall–Kier alpha value is -1.99. The Kier molecular flexibility index (Phi) is 11.8. The molecule has 0 aliphatic rings. The highest BCUT2D eigenvalue weighted by Gasteiger charge is 2.14. The number of benzene rings is 2. The first-order valence-corrected chi connectivity index (χ1v) is 11.7. The van der Waals surface area contributed by atoms with E-state index in [0.717, 1.165) is 0 Å². The van der Waals surface area contributed by atoms with Gasteiger partial charge >= 0.3 is 5.97 Å². The normalized spacial score (nSPS) is 10.4. The van der Waals surface area contributed by atoms with Crippen LogP contribution in [-0.4, -0.2) is 39.0 Å². The molecule has 0 N–H and O–H groups in total. The summed E-state index contributed by atoms with van der Waals surface area (Å²) in [5.41, 5.74) is 0.370. The first-order chi connectivity index (χ1) is 15.8. The average molecular weight is 538 g/mol. The van der Waals surface area contributed by atoms with Crippen LogP contribution in [0.2, 0.25) is 10.0 Å². The van der Waals surface area contributed by atoms with Gasteiger partial charge in [0.15, 0.2) is 17.2 Å². The molecule has 2 aromatic rings. The topological polar surface area (TPSA) is 63.2 Å². The summed E-state index contributed by atoms with van der Waals surface area (Å²) in [6, 6.07) is 8.06. The summed E-state index contributed by atoms with van der Waals surface area (Å²) in [6.45, 7) is 5.24. The molecule has 2 aromatic carbocycles. The molecule has 0 amide bonds. The zero-order valence-electron chi connectivity index (χ0n) is 18.2. The molecule has 10 heteroatoms. The highest BCUT2D eigenvalue weighted by molar-refractivity contribution is 6.55. The lowest BCUT2D eigenvalue weighted by atomic mass is 10.2. The van der Waals surface area contributed by atoms with E-state index in [0.29, 0.717) is 48.2 Å². The lowest BCUT2D eigenvalue weighted by Crippen LogP contribution is -2.10. The molecule has 0 saturated carbocycles. The van der Waals surface area contributed by atoms with Crippen LogP contribution in [0.15, 0.2) is 40.9 Å². The fourth-order valence-corrected chi connectivity index (χ4v) is 3.32. The van der Waals surface area contributed by atoms with Gasteiger partial charge in [-0.1, -0.05) is 46.4 Å². The van der Waals surface area contributed by atoms with Crippen molar-refractivity contribution in [2.75, 3.05) is 33.0 Å². The predicted octanol–water partition coefficient (Wildman–Crippen LogP) is 7.11. The van der Waals surface area contributed by atoms with Gasteiger partial charge in [0.2, 0.25) is 0 Å². The van der Waals surface area contributed by atoms with E-state index in [4.69, 9.17) is 70.1 Å². The van der Waals surface area contributed by atoms with Crippen LogP contribution < -0.4 is 18.9 Å². The van der Waals surface area contributed by atoms with E-state index in [1.165, 1.54) is 6.08 Å². The van der Waals surface area contributed by atoms with Crippen LogP contribution in [0.5, 0.6) is 23.0 Å². The quantitative estimate of drug-likeness (QED) is 0.200. The lowest BCUT2D eigenvalue weighted by Gasteiger charge is -2.13. The van der Waals surface area contributed by atoms with E-state index in [1.807, 2.05) is 13.8 Å². The molecule has 0 aliphatic carbocycles. The molecule has 0 spiro atoms. The second-order valence-corrected chi connectivity index (χ2v) is 8.21. The van der Waals surface area contributed by atoms with Crippen molar-refractivity contribution in [2.24, 2.45) is 0 Å². The maximum Gasteiger partial charge on any atom is 0.338 e. The van der Waals surface area contributed by atoms with Crippen LogP contribution in [0, 0.1) is 0 Å². The third-order valence-electron chi connectivity index (χ3n) is 4.01. The van der Waals surface area contributed by atoms with Crippen molar-refractivity contribution >= 4 is 52.4 Å². The molecule has 0 saturated heterocycles. The SMILES string of the molecule is CCOc1ccc(C(=O)OCCCOc2c(Cl)cc(OCC=C(Cl)Cl)cc2Cl)cc1OCC. The van der Waals surface area contributed by atoms with Gasteiger partial charge in [-0.05, 0) is 38.1 Å². The first kappa shape index (κ1) is 27.3. The third kappa shape index (κ3) is 9.05. The van der Waals surface area contributed by atoms with Crippen LogP contribution in [0.3, 0.4) is 0 Å². The van der Waals surface area contributed by atoms with Crippen LogP contribution in [0.1, 0.15) is 30.6 Å². The Bertz CT molecular complexity index is 937. The molecule has 0 fully saturated rings. The van der Waals surface area contributed by atoms with E-state index < -0.39 is 5.97 Å². The van der Waals surface area contributed by atoms with Crippen LogP contribution in [0.4, 0.5) is 0 Å². The monoisotopic (exact) mass is 536 g/mol. The predicted molar refractivity (Wildman–Crippen MR) is 131 cm³/mol. The van der Waals surface area contributed by atoms with Crippen LogP contribution >= 0.6 is 46.4 Å². The molecule has 0 atom stereocenters. The number of esters is 1. The van der Waals surface area contributed by atoms with E-state index in [2.05, 4.69) is 0 Å². The highest BCUT2D eigenvalue weighted by atomic mass is 35.5. The standard InChI is InChI=1S/C23H24Cl4O6/c1-3-29-19-7-6-15(12-20(19)30-4-2)23(28)33-10-5-9-32-22-17(24)13-16(14-18(22)25)31-11-8-21(26)27/h6-8,12-14H,3-5,9-11H2,1-2H3. The third-order valence-corrected chi connectivity index (χ3v) is 4.88. The van der Waals surface area contributed by atoms with Gasteiger partial charge in [-0.3, -0.25) is 0 Å². The Morgan fingerprint density at radius 2 is 1.55 bits per heavy atom. The fraction of sp³-hybridized carbons (Fsp3) is 0.348. The number of rotatable bonds is 13. The Morgan fingerprint density at radius 3 is 2.18 bits per heavy atom. The first-order valence-electron chi connectivity index (χ1n) is 10.2. The van der Waals surface area contributed by atoms with Crippen molar-refractivity contribution in [1.29, 1.82) is 0 Å². The van der Waals surface area contributed by atoms with Crippen molar-refractivity contribution in [3.63, 3.8) is 0 Å². The zero-order chi connectivity index (χ0) is 24.2. The van der Waals surface area contributed by atoms with E-state index in [1.54, 1.807) is 30.3 Å². The maximum atomic E-state index is 12.3. The highest BCUT2D eigenvalue weighted by Crippen LogP contribution is 2.37. The van der Waals surface area contributed by atoms with Crippen molar-refractivity contribution in [1.82, 2.24) is 0 Å². The molecule has 0 unspecified atom stereocenters. The second kappa shape index (κ2) is 14.3. The summed E-state index contributed by atoms with van der Waals surface area (Å²) in [7, 11) is 0. The van der Waals surface area contributed by atoms with E-state index in [9.17, 15) is 4.79 Å². The van der Waals surface area contributed by atoms with Crippen molar-refractivity contribution in [3.05, 3.63) is 56.5 Å². The largest absolute Gasteiger partial charge is 0.490 e. The van der Waals surface area contributed by atoms with Gasteiger partial charge in [-0.25, -0.2) is 4.79 Å². The minimum Gasteiger partial charge on any atom is -0.490 e. The molecular formula is C23H24Cl4O6. The number of hydrogen-bond donors (Lipinski definition) is 0. The van der Waals surface area contributed by atoms with Gasteiger partial charge in [0.05, 0.1) is 42.0 Å². The minimum atomic E-state index is -0.470. The molecule has 2 rings (SSSR count). The van der Waals surface area contributed by atoms with Crippen molar-refractivity contribution in [3.8, 4) is 23.0 Å². The molecule has 0 radical (unpaired) electrons. The minimum absolute atomic E-state index is 0.102. The van der Waals surface area contributed by atoms with Gasteiger partial charge in [-0.2, -0.15) is 0 Å². The number of halogens is 4. The van der Waals surface area contributed by atoms with Crippen LogP contribution in [-0.2, 0) is 4.74 Å². The second-order valence-electron chi connectivity index (χ2n) is 6.39. The number of hydrogen-bond acceptors (Lipinski definition) is 6. The van der Waals surface area contributed by atoms with Gasteiger partial charge in [0.25, 0.3) is 0 Å². The molecule has 180 valence electrons. The zero-order valence-corrected chi connectivity index (χ0v) is 21.2. The van der Waals surface area contributed by atoms with Crippen molar-refractivity contribution in [2.45, 2.75) is 20.3 Å². The Morgan fingerprint density at radius 1 is 0.879 bits per heavy atom. The molecule has 0 aliphatic heterocycles. The van der Waals surface area contributed by atoms with Crippen LogP contribution in [0.25, 0.3) is 0 Å². The summed E-state index contributed by atoms with van der Waals surface area (Å²) < 4.78 is 27.5. The lowest BCUT2D eigenvalue weighted by molar-refractivity contribution is 0.0485. The Balaban J connectivity index is 1.84. The number of carbonyl (C=O) groups excluding carboxylic acids is 1. The smallest absolute Gasteiger partial charge is 0.338 e. The fourth-order valence-electron chi connectivity index (χ4n) is 2.62. The average Bonchev–Trinajstić information content (AvgIpc) is 2.76. The van der Waals surface area contributed by atoms with Gasteiger partial charge in [0.1, 0.15) is 16.8 Å². The molecular weight excluding hydrogens is 514 g/mol. The molecule has 0 aromatic heterocycles. The summed E-state index contributed by atoms with van der Waals surface area (Å²) in [5.74, 6) is 1.36. The number of carbonyl (C=O) groups is 1. The summed E-state index contributed by atoms with van der Waals surface area (Å²) in [6.07, 6.45) is 1.92. The molecule has 33 heavy (non-hydrogen) atoms.